The molecule has 1 heterocycles. The molecule has 0 saturated carbocycles. The second kappa shape index (κ2) is 3.54. The summed E-state index contributed by atoms with van der Waals surface area (Å²) in [5.74, 6) is 0. The Kier molecular flexibility index (Phi) is 3.34. The van der Waals surface area contributed by atoms with E-state index in [0.29, 0.717) is 5.69 Å². The molecule has 0 aliphatic rings. The first-order chi connectivity index (χ1) is 3.39. The van der Waals surface area contributed by atoms with E-state index in [9.17, 15) is 0 Å². The molecule has 0 radical (unpaired) electrons. The molecule has 0 aliphatic carbocycles. The molecule has 0 amide bonds. The number of rotatable bonds is 0. The molecule has 1 aromatic heterocycles. The first-order valence-electron chi connectivity index (χ1n) is 2.01. The Morgan fingerprint density at radius 3 is 2.00 bits per heavy atom. The minimum atomic E-state index is 0. The average Bonchev–Trinajstić information content (AvgIpc) is 1.69. The van der Waals surface area contributed by atoms with Crippen molar-refractivity contribution < 1.29 is 18.9 Å². The average molecular weight is 100 g/mol. The second-order valence-corrected chi connectivity index (χ2v) is 1.24. The van der Waals surface area contributed by atoms with Gasteiger partial charge in [-0.05, 0) is 0 Å². The molecule has 0 unspecified atom stereocenters. The predicted octanol–water partition coefficient (Wildman–Crippen LogP) is -1.23. The van der Waals surface area contributed by atoms with Gasteiger partial charge in [0.15, 0.2) is 0 Å². The monoisotopic (exact) mass is 100 g/mol. The molecule has 0 aromatic carbocycles. The van der Waals surface area contributed by atoms with E-state index in [1.807, 2.05) is 0 Å². The quantitative estimate of drug-likeness (QED) is 0.376. The Bertz CT molecular complexity index is 140. The predicted molar refractivity (Wildman–Crippen MR) is 28.2 cm³/mol. The molecule has 1 aromatic rings. The van der Waals surface area contributed by atoms with Crippen molar-refractivity contribution in [2.24, 2.45) is 0 Å². The molecule has 0 atom stereocenters. The fourth-order valence-corrected chi connectivity index (χ4v) is 0.352. The maximum absolute atomic E-state index is 6.96. The van der Waals surface area contributed by atoms with Gasteiger partial charge in [-0.25, -0.2) is 0 Å². The zero-order valence-corrected chi connectivity index (χ0v) is 4.76. The van der Waals surface area contributed by atoms with Gasteiger partial charge in [-0.2, -0.15) is 0 Å². The minimum absolute atomic E-state index is 0. The molecule has 36 valence electrons. The Balaban J connectivity index is 0.000000490. The van der Waals surface area contributed by atoms with E-state index in [2.05, 4.69) is 4.98 Å². The number of nitrogens with one attached hydrogen (secondary N) is 1. The summed E-state index contributed by atoms with van der Waals surface area (Å²) in [6.45, 7) is 0. The Morgan fingerprint density at radius 1 is 1.25 bits per heavy atom. The standard InChI is InChI=1S/C5H5N2.Li/c6-5-1-3-7-4-2-5;/h1-4H,(H-,6,7);/q-1;+1. The van der Waals surface area contributed by atoms with Gasteiger partial charge in [-0.1, -0.05) is 12.1 Å². The minimum Gasteiger partial charge on any atom is -0.699 e. The molecule has 1 N–H and O–H groups in total. The summed E-state index contributed by atoms with van der Waals surface area (Å²) in [6.07, 6.45) is 3.20. The van der Waals surface area contributed by atoms with E-state index in [4.69, 9.17) is 5.73 Å². The van der Waals surface area contributed by atoms with Crippen LogP contribution < -0.4 is 18.9 Å². The summed E-state index contributed by atoms with van der Waals surface area (Å²) in [4.78, 5) is 3.73. The third-order valence-electron chi connectivity index (χ3n) is 0.680. The van der Waals surface area contributed by atoms with Gasteiger partial charge in [0, 0.05) is 12.4 Å². The van der Waals surface area contributed by atoms with Crippen LogP contribution in [0.1, 0.15) is 0 Å². The van der Waals surface area contributed by atoms with Crippen molar-refractivity contribution in [3.05, 3.63) is 30.3 Å². The SMILES string of the molecule is [Li+].[NH-]c1ccncc1. The normalized spacial score (nSPS) is 7.50. The van der Waals surface area contributed by atoms with E-state index < -0.39 is 0 Å². The van der Waals surface area contributed by atoms with Gasteiger partial charge in [-0.15, -0.1) is 5.69 Å². The first-order valence-corrected chi connectivity index (χ1v) is 2.01. The van der Waals surface area contributed by atoms with E-state index in [1.165, 1.54) is 0 Å². The third kappa shape index (κ3) is 2.01. The van der Waals surface area contributed by atoms with Crippen molar-refractivity contribution in [3.63, 3.8) is 0 Å². The summed E-state index contributed by atoms with van der Waals surface area (Å²) in [5, 5.41) is 0. The van der Waals surface area contributed by atoms with Gasteiger partial charge in [0.2, 0.25) is 0 Å². The molecule has 3 heteroatoms. The number of pyridine rings is 1. The molecular weight excluding hydrogens is 95.0 g/mol. The van der Waals surface area contributed by atoms with Crippen LogP contribution in [0, 0.1) is 0 Å². The molecule has 8 heavy (non-hydrogen) atoms. The maximum atomic E-state index is 6.96. The number of aromatic nitrogens is 1. The Morgan fingerprint density at radius 2 is 1.75 bits per heavy atom. The smallest absolute Gasteiger partial charge is 0.699 e. The van der Waals surface area contributed by atoms with Crippen LogP contribution in [0.4, 0.5) is 5.69 Å². The van der Waals surface area contributed by atoms with Gasteiger partial charge in [0.1, 0.15) is 0 Å². The van der Waals surface area contributed by atoms with Crippen LogP contribution in [0.2, 0.25) is 0 Å². The number of hydrogen-bond donors (Lipinski definition) is 0. The van der Waals surface area contributed by atoms with Crippen LogP contribution in [0.5, 0.6) is 0 Å². The molecule has 0 fully saturated rings. The van der Waals surface area contributed by atoms with Crippen LogP contribution in [-0.2, 0) is 0 Å². The van der Waals surface area contributed by atoms with E-state index in [1.54, 1.807) is 24.5 Å². The summed E-state index contributed by atoms with van der Waals surface area (Å²) < 4.78 is 0. The summed E-state index contributed by atoms with van der Waals surface area (Å²) >= 11 is 0. The Labute approximate surface area is 60.3 Å². The summed E-state index contributed by atoms with van der Waals surface area (Å²) in [7, 11) is 0. The van der Waals surface area contributed by atoms with Gasteiger partial charge < -0.3 is 5.73 Å². The fraction of sp³-hybridized carbons (Fsp3) is 0. The van der Waals surface area contributed by atoms with Crippen LogP contribution in [0.3, 0.4) is 0 Å². The summed E-state index contributed by atoms with van der Waals surface area (Å²) in [6, 6.07) is 3.28. The molecule has 0 bridgehead atoms. The fourth-order valence-electron chi connectivity index (χ4n) is 0.352. The van der Waals surface area contributed by atoms with Gasteiger partial charge in [0.05, 0.1) is 0 Å². The van der Waals surface area contributed by atoms with Crippen molar-refractivity contribution in [2.45, 2.75) is 0 Å². The number of hydrogen-bond acceptors (Lipinski definition) is 1. The van der Waals surface area contributed by atoms with Crippen LogP contribution in [0.25, 0.3) is 5.73 Å². The molecule has 2 nitrogen and oxygen atoms in total. The van der Waals surface area contributed by atoms with Gasteiger partial charge >= 0.3 is 18.9 Å². The van der Waals surface area contributed by atoms with Crippen molar-refractivity contribution in [1.29, 1.82) is 0 Å². The van der Waals surface area contributed by atoms with E-state index >= 15 is 0 Å². The largest absolute Gasteiger partial charge is 1.00 e. The van der Waals surface area contributed by atoms with E-state index in [0.717, 1.165) is 0 Å². The molecule has 0 saturated heterocycles. The third-order valence-corrected chi connectivity index (χ3v) is 0.680. The zero-order valence-electron chi connectivity index (χ0n) is 4.76. The number of nitrogens with zero attached hydrogens (tertiary/aromatic N) is 1. The molecule has 0 aliphatic heterocycles. The van der Waals surface area contributed by atoms with Crippen molar-refractivity contribution in [1.82, 2.24) is 4.98 Å². The Hall–Kier alpha value is -0.453. The van der Waals surface area contributed by atoms with Crippen molar-refractivity contribution in [2.75, 3.05) is 0 Å². The zero-order chi connectivity index (χ0) is 5.11. The van der Waals surface area contributed by atoms with Gasteiger partial charge in [0.25, 0.3) is 0 Å². The van der Waals surface area contributed by atoms with Crippen molar-refractivity contribution >= 4 is 5.69 Å². The van der Waals surface area contributed by atoms with Crippen molar-refractivity contribution in [3.8, 4) is 0 Å². The topological polar surface area (TPSA) is 36.7 Å². The molecule has 1 rings (SSSR count). The van der Waals surface area contributed by atoms with Crippen LogP contribution in [-0.4, -0.2) is 4.98 Å². The summed E-state index contributed by atoms with van der Waals surface area (Å²) in [5.41, 5.74) is 7.46. The maximum Gasteiger partial charge on any atom is 1.00 e. The van der Waals surface area contributed by atoms with Crippen LogP contribution in [0.15, 0.2) is 24.5 Å². The molecule has 0 spiro atoms. The van der Waals surface area contributed by atoms with E-state index in [-0.39, 0.29) is 18.9 Å². The second-order valence-electron chi connectivity index (χ2n) is 1.24. The van der Waals surface area contributed by atoms with Crippen LogP contribution >= 0.6 is 0 Å². The first kappa shape index (κ1) is 7.55. The molecular formula is C5H5LiN2. The van der Waals surface area contributed by atoms with Gasteiger partial charge in [-0.3, -0.25) is 4.98 Å².